The van der Waals surface area contributed by atoms with Gasteiger partial charge < -0.3 is 10.6 Å². The number of nitrogens with two attached hydrogens (primary N) is 1. The lowest BCUT2D eigenvalue weighted by Gasteiger charge is -2.26. The fourth-order valence-corrected chi connectivity index (χ4v) is 2.51. The third-order valence-electron chi connectivity index (χ3n) is 3.23. The summed E-state index contributed by atoms with van der Waals surface area (Å²) in [5.41, 5.74) is 7.83. The highest BCUT2D eigenvalue weighted by molar-refractivity contribution is 7.80. The van der Waals surface area contributed by atoms with Gasteiger partial charge in [-0.05, 0) is 43.4 Å². The van der Waals surface area contributed by atoms with Gasteiger partial charge in [0.05, 0.1) is 0 Å². The molecule has 0 amide bonds. The summed E-state index contributed by atoms with van der Waals surface area (Å²) in [7, 11) is 0. The van der Waals surface area contributed by atoms with Crippen molar-refractivity contribution in [2.75, 3.05) is 18.0 Å². The Hall–Kier alpha value is -0.800. The van der Waals surface area contributed by atoms with Gasteiger partial charge in [-0.1, -0.05) is 30.7 Å². The minimum absolute atomic E-state index is 0.421. The van der Waals surface area contributed by atoms with Gasteiger partial charge in [-0.2, -0.15) is 0 Å². The monoisotopic (exact) mass is 282 g/mol. The van der Waals surface area contributed by atoms with Crippen LogP contribution in [-0.2, 0) is 0 Å². The zero-order valence-electron chi connectivity index (χ0n) is 10.7. The molecule has 0 heterocycles. The van der Waals surface area contributed by atoms with Crippen LogP contribution in [0.5, 0.6) is 0 Å². The molecular weight excluding hydrogens is 264 g/mol. The summed E-state index contributed by atoms with van der Waals surface area (Å²) >= 11 is 11.2. The molecule has 1 aromatic carbocycles. The minimum atomic E-state index is 0.421. The van der Waals surface area contributed by atoms with E-state index >= 15 is 0 Å². The predicted molar refractivity (Wildman–Crippen MR) is 82.6 cm³/mol. The lowest BCUT2D eigenvalue weighted by atomic mass is 10.1. The molecule has 1 saturated carbocycles. The van der Waals surface area contributed by atoms with Crippen LogP contribution >= 0.6 is 23.8 Å². The van der Waals surface area contributed by atoms with E-state index in [9.17, 15) is 0 Å². The van der Waals surface area contributed by atoms with Gasteiger partial charge in [-0.3, -0.25) is 0 Å². The molecule has 18 heavy (non-hydrogen) atoms. The van der Waals surface area contributed by atoms with Crippen LogP contribution in [0, 0.1) is 5.92 Å². The smallest absolute Gasteiger partial charge is 0.106 e. The molecule has 0 atom stereocenters. The molecule has 1 aliphatic rings. The summed E-state index contributed by atoms with van der Waals surface area (Å²) in [5.74, 6) is 0.839. The average molecular weight is 283 g/mol. The molecule has 1 aromatic rings. The van der Waals surface area contributed by atoms with Crippen molar-refractivity contribution in [2.45, 2.75) is 26.2 Å². The van der Waals surface area contributed by atoms with Crippen molar-refractivity contribution < 1.29 is 0 Å². The largest absolute Gasteiger partial charge is 0.389 e. The summed E-state index contributed by atoms with van der Waals surface area (Å²) in [6, 6.07) is 5.82. The second kappa shape index (κ2) is 5.89. The highest BCUT2D eigenvalue weighted by atomic mass is 35.5. The van der Waals surface area contributed by atoms with Gasteiger partial charge in [-0.25, -0.2) is 0 Å². The second-order valence-electron chi connectivity index (χ2n) is 4.92. The van der Waals surface area contributed by atoms with E-state index < -0.39 is 0 Å². The SMILES string of the molecule is CCCN(CC1CC1)c1ccc(Cl)cc1C(N)=S. The number of halogens is 1. The van der Waals surface area contributed by atoms with Crippen molar-refractivity contribution in [3.63, 3.8) is 0 Å². The Labute approximate surface area is 119 Å². The average Bonchev–Trinajstić information content (AvgIpc) is 3.12. The first-order valence-electron chi connectivity index (χ1n) is 6.46. The molecule has 1 aliphatic carbocycles. The summed E-state index contributed by atoms with van der Waals surface area (Å²) in [5, 5.41) is 0.685. The zero-order valence-corrected chi connectivity index (χ0v) is 12.2. The Morgan fingerprint density at radius 2 is 2.22 bits per heavy atom. The molecule has 0 spiro atoms. The third kappa shape index (κ3) is 3.36. The van der Waals surface area contributed by atoms with Crippen molar-refractivity contribution in [2.24, 2.45) is 11.7 Å². The molecule has 0 bridgehead atoms. The predicted octanol–water partition coefficient (Wildman–Crippen LogP) is 3.60. The Bertz CT molecular complexity index is 443. The molecule has 2 rings (SSSR count). The lowest BCUT2D eigenvalue weighted by molar-refractivity contribution is 0.708. The van der Waals surface area contributed by atoms with Crippen LogP contribution in [0.15, 0.2) is 18.2 Å². The van der Waals surface area contributed by atoms with Crippen molar-refractivity contribution in [3.8, 4) is 0 Å². The normalized spacial score (nSPS) is 14.6. The quantitative estimate of drug-likeness (QED) is 0.809. The molecule has 1 fully saturated rings. The molecule has 0 aliphatic heterocycles. The highest BCUT2D eigenvalue weighted by Crippen LogP contribution is 2.33. The summed E-state index contributed by atoms with van der Waals surface area (Å²) < 4.78 is 0. The van der Waals surface area contributed by atoms with Crippen LogP contribution in [0.25, 0.3) is 0 Å². The Kier molecular flexibility index (Phi) is 4.46. The van der Waals surface area contributed by atoms with Gasteiger partial charge in [0.25, 0.3) is 0 Å². The first-order chi connectivity index (χ1) is 8.61. The van der Waals surface area contributed by atoms with Gasteiger partial charge in [0.2, 0.25) is 0 Å². The molecule has 0 radical (unpaired) electrons. The van der Waals surface area contributed by atoms with Crippen LogP contribution in [0.4, 0.5) is 5.69 Å². The Balaban J connectivity index is 2.29. The molecule has 0 unspecified atom stereocenters. The van der Waals surface area contributed by atoms with Crippen LogP contribution < -0.4 is 10.6 Å². The topological polar surface area (TPSA) is 29.3 Å². The molecule has 0 saturated heterocycles. The van der Waals surface area contributed by atoms with Gasteiger partial charge in [0.15, 0.2) is 0 Å². The van der Waals surface area contributed by atoms with Crippen LogP contribution in [0.3, 0.4) is 0 Å². The first kappa shape index (κ1) is 13.6. The van der Waals surface area contributed by atoms with E-state index in [2.05, 4.69) is 11.8 Å². The number of nitrogens with zero attached hydrogens (tertiary/aromatic N) is 1. The van der Waals surface area contributed by atoms with Crippen molar-refractivity contribution in [1.82, 2.24) is 0 Å². The van der Waals surface area contributed by atoms with Crippen LogP contribution in [-0.4, -0.2) is 18.1 Å². The third-order valence-corrected chi connectivity index (χ3v) is 3.69. The number of benzene rings is 1. The maximum atomic E-state index is 6.03. The summed E-state index contributed by atoms with van der Waals surface area (Å²) in [6.45, 7) is 4.33. The molecule has 2 nitrogen and oxygen atoms in total. The van der Waals surface area contributed by atoms with Crippen molar-refractivity contribution >= 4 is 34.5 Å². The van der Waals surface area contributed by atoms with E-state index in [1.54, 1.807) is 0 Å². The van der Waals surface area contributed by atoms with E-state index in [0.29, 0.717) is 10.0 Å². The zero-order chi connectivity index (χ0) is 13.1. The lowest BCUT2D eigenvalue weighted by Crippen LogP contribution is -2.29. The number of hydrogen-bond donors (Lipinski definition) is 1. The number of thiocarbonyl (C=S) groups is 1. The molecule has 2 N–H and O–H groups in total. The number of hydrogen-bond acceptors (Lipinski definition) is 2. The van der Waals surface area contributed by atoms with Gasteiger partial charge in [0.1, 0.15) is 4.99 Å². The standard InChI is InChI=1S/C14H19ClN2S/c1-2-7-17(9-10-3-4-10)13-6-5-11(15)8-12(13)14(16)18/h5-6,8,10H,2-4,7,9H2,1H3,(H2,16,18). The Morgan fingerprint density at radius 1 is 1.50 bits per heavy atom. The Morgan fingerprint density at radius 3 is 2.78 bits per heavy atom. The van der Waals surface area contributed by atoms with E-state index in [1.807, 2.05) is 18.2 Å². The van der Waals surface area contributed by atoms with Crippen LogP contribution in [0.1, 0.15) is 31.7 Å². The number of anilines is 1. The van der Waals surface area contributed by atoms with E-state index in [0.717, 1.165) is 36.7 Å². The van der Waals surface area contributed by atoms with Gasteiger partial charge in [-0.15, -0.1) is 0 Å². The van der Waals surface area contributed by atoms with E-state index in [1.165, 1.54) is 12.8 Å². The molecular formula is C14H19ClN2S. The van der Waals surface area contributed by atoms with Gasteiger partial charge >= 0.3 is 0 Å². The van der Waals surface area contributed by atoms with Gasteiger partial charge in [0, 0.05) is 29.4 Å². The highest BCUT2D eigenvalue weighted by Gasteiger charge is 2.25. The van der Waals surface area contributed by atoms with Crippen molar-refractivity contribution in [1.29, 1.82) is 0 Å². The van der Waals surface area contributed by atoms with Crippen molar-refractivity contribution in [3.05, 3.63) is 28.8 Å². The summed E-state index contributed by atoms with van der Waals surface area (Å²) in [4.78, 5) is 2.81. The molecule has 98 valence electrons. The fraction of sp³-hybridized carbons (Fsp3) is 0.500. The van der Waals surface area contributed by atoms with E-state index in [-0.39, 0.29) is 0 Å². The second-order valence-corrected chi connectivity index (χ2v) is 5.79. The molecule has 0 aromatic heterocycles. The number of rotatable bonds is 6. The van der Waals surface area contributed by atoms with E-state index in [4.69, 9.17) is 29.6 Å². The minimum Gasteiger partial charge on any atom is -0.389 e. The maximum absolute atomic E-state index is 6.03. The fourth-order valence-electron chi connectivity index (χ4n) is 2.17. The summed E-state index contributed by atoms with van der Waals surface area (Å²) in [6.07, 6.45) is 3.80. The van der Waals surface area contributed by atoms with Crippen LogP contribution in [0.2, 0.25) is 5.02 Å². The maximum Gasteiger partial charge on any atom is 0.106 e. The molecule has 4 heteroatoms. The first-order valence-corrected chi connectivity index (χ1v) is 7.24.